The van der Waals surface area contributed by atoms with Crippen LogP contribution in [0, 0.1) is 5.92 Å². The number of carbonyl (C=O) groups excluding carboxylic acids is 1. The molecule has 7 nitrogen and oxygen atoms in total. The number of aromatic amines is 1. The van der Waals surface area contributed by atoms with Crippen molar-refractivity contribution in [1.29, 1.82) is 0 Å². The lowest BCUT2D eigenvalue weighted by Gasteiger charge is -2.49. The molecule has 1 atom stereocenters. The SMILES string of the molecule is CCOCC1CCS(=O)(=O)C12CN(C(=O)c1n[nH]c3c1CCC3)C2. The molecule has 3 heterocycles. The van der Waals surface area contributed by atoms with Crippen molar-refractivity contribution in [2.75, 3.05) is 32.1 Å². The van der Waals surface area contributed by atoms with E-state index in [1.165, 1.54) is 0 Å². The normalized spacial score (nSPS) is 26.5. The lowest BCUT2D eigenvalue weighted by atomic mass is 9.83. The van der Waals surface area contributed by atoms with E-state index < -0.39 is 14.6 Å². The van der Waals surface area contributed by atoms with Crippen LogP contribution in [0.25, 0.3) is 0 Å². The standard InChI is InChI=1S/C16H23N3O4S/c1-2-23-8-11-6-7-24(21,22)16(11)9-19(10-16)15(20)14-12-4-3-5-13(12)17-18-14/h11H,2-10H2,1H3,(H,17,18). The van der Waals surface area contributed by atoms with Gasteiger partial charge in [-0.25, -0.2) is 8.42 Å². The van der Waals surface area contributed by atoms with Crippen LogP contribution in [-0.4, -0.2) is 66.2 Å². The maximum absolute atomic E-state index is 12.7. The second-order valence-electron chi connectivity index (χ2n) is 7.07. The molecule has 0 saturated carbocycles. The predicted octanol–water partition coefficient (Wildman–Crippen LogP) is 0.564. The van der Waals surface area contributed by atoms with Crippen LogP contribution in [0.4, 0.5) is 0 Å². The van der Waals surface area contributed by atoms with Crippen LogP contribution in [0.2, 0.25) is 0 Å². The molecule has 132 valence electrons. The lowest BCUT2D eigenvalue weighted by Crippen LogP contribution is -2.68. The molecule has 3 aliphatic rings. The fourth-order valence-corrected chi connectivity index (χ4v) is 6.76. The molecule has 2 aliphatic heterocycles. The third-order valence-corrected chi connectivity index (χ3v) is 8.44. The van der Waals surface area contributed by atoms with Gasteiger partial charge in [-0.3, -0.25) is 9.89 Å². The predicted molar refractivity (Wildman–Crippen MR) is 87.6 cm³/mol. The topological polar surface area (TPSA) is 92.4 Å². The van der Waals surface area contributed by atoms with Crippen LogP contribution in [-0.2, 0) is 27.4 Å². The summed E-state index contributed by atoms with van der Waals surface area (Å²) >= 11 is 0. The van der Waals surface area contributed by atoms with E-state index >= 15 is 0 Å². The Balaban J connectivity index is 1.52. The molecule has 2 saturated heterocycles. The molecule has 0 bridgehead atoms. The minimum absolute atomic E-state index is 0.0172. The Morgan fingerprint density at radius 1 is 1.42 bits per heavy atom. The highest BCUT2D eigenvalue weighted by Crippen LogP contribution is 2.45. The zero-order valence-corrected chi connectivity index (χ0v) is 14.7. The van der Waals surface area contributed by atoms with Gasteiger partial charge in [0.2, 0.25) is 0 Å². The number of aromatic nitrogens is 2. The van der Waals surface area contributed by atoms with E-state index in [4.69, 9.17) is 4.74 Å². The third kappa shape index (κ3) is 2.15. The summed E-state index contributed by atoms with van der Waals surface area (Å²) in [5.74, 6) is 0.0404. The van der Waals surface area contributed by atoms with E-state index in [2.05, 4.69) is 10.2 Å². The van der Waals surface area contributed by atoms with Crippen molar-refractivity contribution in [3.63, 3.8) is 0 Å². The molecule has 0 radical (unpaired) electrons. The zero-order valence-electron chi connectivity index (χ0n) is 13.9. The summed E-state index contributed by atoms with van der Waals surface area (Å²) < 4.78 is 29.8. The number of nitrogens with zero attached hydrogens (tertiary/aromatic N) is 2. The number of carbonyl (C=O) groups is 1. The molecule has 4 rings (SSSR count). The average Bonchev–Trinajstić information content (AvgIpc) is 3.15. The highest BCUT2D eigenvalue weighted by Gasteiger charge is 2.62. The molecule has 1 N–H and O–H groups in total. The Bertz CT molecular complexity index is 764. The Morgan fingerprint density at radius 3 is 2.96 bits per heavy atom. The summed E-state index contributed by atoms with van der Waals surface area (Å²) in [7, 11) is -3.18. The monoisotopic (exact) mass is 353 g/mol. The first-order valence-corrected chi connectivity index (χ1v) is 10.3. The van der Waals surface area contributed by atoms with Gasteiger partial charge in [0, 0.05) is 36.9 Å². The molecule has 1 unspecified atom stereocenters. The molecule has 1 amide bonds. The molecular weight excluding hydrogens is 330 g/mol. The maximum Gasteiger partial charge on any atom is 0.274 e. The van der Waals surface area contributed by atoms with Crippen molar-refractivity contribution in [3.8, 4) is 0 Å². The van der Waals surface area contributed by atoms with Crippen molar-refractivity contribution in [3.05, 3.63) is 17.0 Å². The smallest absolute Gasteiger partial charge is 0.274 e. The zero-order chi connectivity index (χ0) is 16.9. The number of fused-ring (bicyclic) bond motifs is 1. The van der Waals surface area contributed by atoms with E-state index in [1.807, 2.05) is 6.92 Å². The Labute approximate surface area is 141 Å². The second-order valence-corrected chi connectivity index (χ2v) is 9.52. The molecule has 1 spiro atoms. The van der Waals surface area contributed by atoms with Crippen molar-refractivity contribution in [2.24, 2.45) is 5.92 Å². The lowest BCUT2D eigenvalue weighted by molar-refractivity contribution is 0.0266. The number of amides is 1. The minimum Gasteiger partial charge on any atom is -0.381 e. The van der Waals surface area contributed by atoms with Crippen LogP contribution < -0.4 is 0 Å². The first kappa shape index (κ1) is 16.1. The molecule has 8 heteroatoms. The van der Waals surface area contributed by atoms with Crippen molar-refractivity contribution in [2.45, 2.75) is 37.4 Å². The van der Waals surface area contributed by atoms with Gasteiger partial charge in [-0.2, -0.15) is 5.10 Å². The quantitative estimate of drug-likeness (QED) is 0.854. The highest BCUT2D eigenvalue weighted by atomic mass is 32.2. The number of hydrogen-bond acceptors (Lipinski definition) is 5. The third-order valence-electron chi connectivity index (χ3n) is 5.83. The number of likely N-dealkylation sites (tertiary alicyclic amines) is 1. The summed E-state index contributed by atoms with van der Waals surface area (Å²) in [5.41, 5.74) is 2.55. The van der Waals surface area contributed by atoms with Crippen LogP contribution in [0.15, 0.2) is 0 Å². The number of aryl methyl sites for hydroxylation is 1. The second kappa shape index (κ2) is 5.56. The highest BCUT2D eigenvalue weighted by molar-refractivity contribution is 7.93. The Kier molecular flexibility index (Phi) is 3.72. The molecule has 0 aromatic carbocycles. The van der Waals surface area contributed by atoms with Gasteiger partial charge in [0.25, 0.3) is 5.91 Å². The van der Waals surface area contributed by atoms with Crippen molar-refractivity contribution < 1.29 is 17.9 Å². The number of nitrogens with one attached hydrogen (secondary N) is 1. The van der Waals surface area contributed by atoms with Gasteiger partial charge in [-0.05, 0) is 32.6 Å². The average molecular weight is 353 g/mol. The van der Waals surface area contributed by atoms with E-state index in [-0.39, 0.29) is 30.7 Å². The first-order chi connectivity index (χ1) is 11.5. The number of sulfone groups is 1. The fourth-order valence-electron chi connectivity index (χ4n) is 4.36. The summed E-state index contributed by atoms with van der Waals surface area (Å²) in [4.78, 5) is 14.4. The molecule has 1 aliphatic carbocycles. The van der Waals surface area contributed by atoms with Gasteiger partial charge >= 0.3 is 0 Å². The van der Waals surface area contributed by atoms with Gasteiger partial charge < -0.3 is 9.64 Å². The number of hydrogen-bond donors (Lipinski definition) is 1. The molecular formula is C16H23N3O4S. The van der Waals surface area contributed by atoms with E-state index in [0.717, 1.165) is 30.5 Å². The van der Waals surface area contributed by atoms with Crippen molar-refractivity contribution in [1.82, 2.24) is 15.1 Å². The minimum atomic E-state index is -3.18. The van der Waals surface area contributed by atoms with Gasteiger partial charge in [-0.1, -0.05) is 0 Å². The van der Waals surface area contributed by atoms with Gasteiger partial charge in [0.05, 0.1) is 12.4 Å². The Morgan fingerprint density at radius 2 is 2.21 bits per heavy atom. The van der Waals surface area contributed by atoms with Gasteiger partial charge in [0.15, 0.2) is 15.5 Å². The van der Waals surface area contributed by atoms with Crippen LogP contribution in [0.1, 0.15) is 41.5 Å². The number of rotatable bonds is 4. The van der Waals surface area contributed by atoms with E-state index in [1.54, 1.807) is 4.90 Å². The van der Waals surface area contributed by atoms with E-state index in [9.17, 15) is 13.2 Å². The summed E-state index contributed by atoms with van der Waals surface area (Å²) in [5, 5.41) is 7.12. The maximum atomic E-state index is 12.7. The molecule has 1 aromatic heterocycles. The number of H-pyrrole nitrogens is 1. The van der Waals surface area contributed by atoms with Crippen LogP contribution in [0.3, 0.4) is 0 Å². The van der Waals surface area contributed by atoms with Gasteiger partial charge in [-0.15, -0.1) is 0 Å². The number of ether oxygens (including phenoxy) is 1. The van der Waals surface area contributed by atoms with Crippen LogP contribution >= 0.6 is 0 Å². The Hall–Kier alpha value is -1.41. The molecule has 1 aromatic rings. The first-order valence-electron chi connectivity index (χ1n) is 8.64. The molecule has 24 heavy (non-hydrogen) atoms. The van der Waals surface area contributed by atoms with E-state index in [0.29, 0.717) is 25.3 Å². The summed E-state index contributed by atoms with van der Waals surface area (Å²) in [6.45, 7) is 3.48. The summed E-state index contributed by atoms with van der Waals surface area (Å²) in [6, 6.07) is 0. The van der Waals surface area contributed by atoms with Gasteiger partial charge in [0.1, 0.15) is 4.75 Å². The molecule has 2 fully saturated rings. The van der Waals surface area contributed by atoms with Crippen molar-refractivity contribution >= 4 is 15.7 Å². The fraction of sp³-hybridized carbons (Fsp3) is 0.750. The largest absolute Gasteiger partial charge is 0.381 e. The summed E-state index contributed by atoms with van der Waals surface area (Å²) in [6.07, 6.45) is 3.47. The van der Waals surface area contributed by atoms with Crippen LogP contribution in [0.5, 0.6) is 0 Å².